The van der Waals surface area contributed by atoms with Gasteiger partial charge in [0.25, 0.3) is 0 Å². The van der Waals surface area contributed by atoms with E-state index >= 15 is 0 Å². The quantitative estimate of drug-likeness (QED) is 0.783. The van der Waals surface area contributed by atoms with E-state index in [0.717, 1.165) is 0 Å². The molecule has 0 saturated carbocycles. The Balaban J connectivity index is 2.76. The van der Waals surface area contributed by atoms with E-state index in [0.29, 0.717) is 11.3 Å². The molecule has 0 aromatic heterocycles. The molecule has 0 aliphatic rings. The lowest BCUT2D eigenvalue weighted by Crippen LogP contribution is -2.27. The second kappa shape index (κ2) is 5.10. The molecule has 0 aliphatic carbocycles. The molecule has 17 heavy (non-hydrogen) atoms. The molecular formula is C13H18N2O2. The van der Waals surface area contributed by atoms with E-state index in [2.05, 4.69) is 5.32 Å². The molecule has 0 radical (unpaired) electrons. The van der Waals surface area contributed by atoms with Gasteiger partial charge >= 0.3 is 0 Å². The average Bonchev–Trinajstić information content (AvgIpc) is 2.27. The molecule has 92 valence electrons. The number of amides is 1. The first-order valence-electron chi connectivity index (χ1n) is 5.49. The Morgan fingerprint density at radius 1 is 1.18 bits per heavy atom. The summed E-state index contributed by atoms with van der Waals surface area (Å²) in [6.45, 7) is 5.52. The molecule has 4 heteroatoms. The zero-order valence-corrected chi connectivity index (χ0v) is 10.4. The standard InChI is InChI=1S/C13H18N2O2/c1-13(2,3)12(17)15-10-6-4-9(5-7-10)11(16)8-14/h4-7H,8,14H2,1-3H3,(H,15,17). The van der Waals surface area contributed by atoms with Crippen molar-refractivity contribution in [3.8, 4) is 0 Å². The highest BCUT2D eigenvalue weighted by atomic mass is 16.2. The number of anilines is 1. The molecule has 0 unspecified atom stereocenters. The number of nitrogens with one attached hydrogen (secondary N) is 1. The number of nitrogens with two attached hydrogens (primary N) is 1. The fraction of sp³-hybridized carbons (Fsp3) is 0.385. The van der Waals surface area contributed by atoms with Crippen LogP contribution < -0.4 is 11.1 Å². The summed E-state index contributed by atoms with van der Waals surface area (Å²) in [5, 5.41) is 2.78. The molecular weight excluding hydrogens is 216 g/mol. The van der Waals surface area contributed by atoms with Crippen LogP contribution in [0.3, 0.4) is 0 Å². The summed E-state index contributed by atoms with van der Waals surface area (Å²) < 4.78 is 0. The van der Waals surface area contributed by atoms with Crippen molar-refractivity contribution in [3.05, 3.63) is 29.8 Å². The number of carbonyl (C=O) groups excluding carboxylic acids is 2. The van der Waals surface area contributed by atoms with E-state index in [1.807, 2.05) is 20.8 Å². The van der Waals surface area contributed by atoms with Gasteiger partial charge in [-0.1, -0.05) is 20.8 Å². The average molecular weight is 234 g/mol. The van der Waals surface area contributed by atoms with Crippen molar-refractivity contribution in [2.75, 3.05) is 11.9 Å². The van der Waals surface area contributed by atoms with Crippen molar-refractivity contribution in [2.45, 2.75) is 20.8 Å². The number of ketones is 1. The van der Waals surface area contributed by atoms with Gasteiger partial charge in [0.05, 0.1) is 6.54 Å². The van der Waals surface area contributed by atoms with Crippen molar-refractivity contribution < 1.29 is 9.59 Å². The first-order valence-corrected chi connectivity index (χ1v) is 5.49. The molecule has 1 aromatic carbocycles. The van der Waals surface area contributed by atoms with Crippen molar-refractivity contribution in [1.29, 1.82) is 0 Å². The number of benzene rings is 1. The predicted octanol–water partition coefficient (Wildman–Crippen LogP) is 1.81. The summed E-state index contributed by atoms with van der Waals surface area (Å²) >= 11 is 0. The van der Waals surface area contributed by atoms with Crippen molar-refractivity contribution >= 4 is 17.4 Å². The number of carbonyl (C=O) groups is 2. The highest BCUT2D eigenvalue weighted by Gasteiger charge is 2.21. The van der Waals surface area contributed by atoms with Crippen LogP contribution in [0.1, 0.15) is 31.1 Å². The number of rotatable bonds is 3. The van der Waals surface area contributed by atoms with Gasteiger partial charge < -0.3 is 11.1 Å². The van der Waals surface area contributed by atoms with Crippen LogP contribution in [0.4, 0.5) is 5.69 Å². The topological polar surface area (TPSA) is 72.2 Å². The monoisotopic (exact) mass is 234 g/mol. The molecule has 0 heterocycles. The van der Waals surface area contributed by atoms with E-state index in [9.17, 15) is 9.59 Å². The first-order chi connectivity index (χ1) is 7.84. The van der Waals surface area contributed by atoms with E-state index in [1.165, 1.54) is 0 Å². The summed E-state index contributed by atoms with van der Waals surface area (Å²) in [7, 11) is 0. The number of hydrogen-bond acceptors (Lipinski definition) is 3. The van der Waals surface area contributed by atoms with Gasteiger partial charge in [-0.15, -0.1) is 0 Å². The largest absolute Gasteiger partial charge is 0.326 e. The van der Waals surface area contributed by atoms with Crippen molar-refractivity contribution in [2.24, 2.45) is 11.1 Å². The SMILES string of the molecule is CC(C)(C)C(=O)Nc1ccc(C(=O)CN)cc1. The summed E-state index contributed by atoms with van der Waals surface area (Å²) in [5.74, 6) is -0.172. The maximum absolute atomic E-state index is 11.7. The van der Waals surface area contributed by atoms with E-state index in [-0.39, 0.29) is 18.2 Å². The number of Topliss-reactive ketones (excluding diaryl/α,β-unsaturated/α-hetero) is 1. The normalized spacial score (nSPS) is 11.1. The minimum atomic E-state index is -0.439. The minimum absolute atomic E-state index is 0.00625. The van der Waals surface area contributed by atoms with E-state index in [4.69, 9.17) is 5.73 Å². The predicted molar refractivity (Wildman–Crippen MR) is 67.9 cm³/mol. The molecule has 0 bridgehead atoms. The van der Waals surface area contributed by atoms with Gasteiger partial charge in [0.15, 0.2) is 5.78 Å². The molecule has 0 fully saturated rings. The van der Waals surface area contributed by atoms with Crippen LogP contribution in [0.15, 0.2) is 24.3 Å². The zero-order valence-electron chi connectivity index (χ0n) is 10.4. The lowest BCUT2D eigenvalue weighted by Gasteiger charge is -2.17. The summed E-state index contributed by atoms with van der Waals surface area (Å²) in [4.78, 5) is 23.0. The molecule has 1 amide bonds. The first kappa shape index (κ1) is 13.4. The number of hydrogen-bond donors (Lipinski definition) is 2. The van der Waals surface area contributed by atoms with Crippen LogP contribution in [-0.2, 0) is 4.79 Å². The van der Waals surface area contributed by atoms with Gasteiger partial charge in [0, 0.05) is 16.7 Å². The third-order valence-electron chi connectivity index (χ3n) is 2.33. The van der Waals surface area contributed by atoms with Gasteiger partial charge in [-0.2, -0.15) is 0 Å². The zero-order chi connectivity index (χ0) is 13.1. The fourth-order valence-corrected chi connectivity index (χ4v) is 1.18. The molecule has 1 rings (SSSR count). The van der Waals surface area contributed by atoms with Crippen molar-refractivity contribution in [1.82, 2.24) is 0 Å². The molecule has 1 aromatic rings. The van der Waals surface area contributed by atoms with Crippen LogP contribution in [0.25, 0.3) is 0 Å². The minimum Gasteiger partial charge on any atom is -0.326 e. The van der Waals surface area contributed by atoms with E-state index in [1.54, 1.807) is 24.3 Å². The highest BCUT2D eigenvalue weighted by Crippen LogP contribution is 2.17. The molecule has 0 saturated heterocycles. The third kappa shape index (κ3) is 3.67. The van der Waals surface area contributed by atoms with Crippen LogP contribution in [-0.4, -0.2) is 18.2 Å². The molecule has 0 atom stereocenters. The molecule has 0 spiro atoms. The third-order valence-corrected chi connectivity index (χ3v) is 2.33. The van der Waals surface area contributed by atoms with Crippen LogP contribution in [0.2, 0.25) is 0 Å². The second-order valence-corrected chi connectivity index (χ2v) is 4.91. The van der Waals surface area contributed by atoms with Gasteiger partial charge in [-0.05, 0) is 24.3 Å². The van der Waals surface area contributed by atoms with Gasteiger partial charge in [0.2, 0.25) is 5.91 Å². The Labute approximate surface area is 101 Å². The van der Waals surface area contributed by atoms with Gasteiger partial charge in [-0.3, -0.25) is 9.59 Å². The van der Waals surface area contributed by atoms with Crippen LogP contribution >= 0.6 is 0 Å². The molecule has 0 aliphatic heterocycles. The molecule has 3 N–H and O–H groups in total. The Kier molecular flexibility index (Phi) is 4.02. The van der Waals surface area contributed by atoms with Crippen LogP contribution in [0.5, 0.6) is 0 Å². The van der Waals surface area contributed by atoms with Gasteiger partial charge in [-0.25, -0.2) is 0 Å². The molecule has 4 nitrogen and oxygen atoms in total. The summed E-state index contributed by atoms with van der Waals surface area (Å²) in [6, 6.07) is 6.72. The highest BCUT2D eigenvalue weighted by molar-refractivity contribution is 5.98. The lowest BCUT2D eigenvalue weighted by molar-refractivity contribution is -0.123. The Bertz CT molecular complexity index is 416. The Morgan fingerprint density at radius 3 is 2.12 bits per heavy atom. The lowest BCUT2D eigenvalue weighted by atomic mass is 9.95. The summed E-state index contributed by atoms with van der Waals surface area (Å²) in [6.07, 6.45) is 0. The second-order valence-electron chi connectivity index (χ2n) is 4.91. The Hall–Kier alpha value is -1.68. The van der Waals surface area contributed by atoms with Crippen LogP contribution in [0, 0.1) is 5.41 Å². The maximum Gasteiger partial charge on any atom is 0.229 e. The Morgan fingerprint density at radius 2 is 1.71 bits per heavy atom. The summed E-state index contributed by atoms with van der Waals surface area (Å²) in [5.41, 5.74) is 6.06. The van der Waals surface area contributed by atoms with Gasteiger partial charge in [0.1, 0.15) is 0 Å². The smallest absolute Gasteiger partial charge is 0.229 e. The van der Waals surface area contributed by atoms with E-state index < -0.39 is 5.41 Å². The van der Waals surface area contributed by atoms with Crippen molar-refractivity contribution in [3.63, 3.8) is 0 Å². The maximum atomic E-state index is 11.7. The fourth-order valence-electron chi connectivity index (χ4n) is 1.18.